The number of benzene rings is 2. The van der Waals surface area contributed by atoms with E-state index >= 15 is 0 Å². The number of amides is 1. The standard InChI is InChI=1S/C26H23F3N4OS/c27-26(28,29)23-14-20(22-12-7-13-35-22)30-24-15-21(31-33(23)24)25(34)32(16-18-8-3-1-4-9-18)17-19-10-5-2-6-11-19/h1-13,15,20,23,30H,14,16-17H2/t20-,23-/m1/s1. The van der Waals surface area contributed by atoms with E-state index < -0.39 is 24.2 Å². The number of carbonyl (C=O) groups excluding carboxylic acids is 1. The Morgan fingerprint density at radius 2 is 1.63 bits per heavy atom. The van der Waals surface area contributed by atoms with Gasteiger partial charge in [0.2, 0.25) is 0 Å². The molecule has 1 aliphatic heterocycles. The van der Waals surface area contributed by atoms with Gasteiger partial charge in [-0.15, -0.1) is 11.3 Å². The first-order valence-electron chi connectivity index (χ1n) is 11.2. The Morgan fingerprint density at radius 1 is 1.00 bits per heavy atom. The largest absolute Gasteiger partial charge is 0.410 e. The van der Waals surface area contributed by atoms with Crippen molar-refractivity contribution < 1.29 is 18.0 Å². The van der Waals surface area contributed by atoms with Crippen LogP contribution in [0.3, 0.4) is 0 Å². The van der Waals surface area contributed by atoms with Crippen LogP contribution in [-0.4, -0.2) is 26.8 Å². The zero-order valence-electron chi connectivity index (χ0n) is 18.7. The van der Waals surface area contributed by atoms with Gasteiger partial charge in [0.15, 0.2) is 11.7 Å². The third-order valence-corrected chi connectivity index (χ3v) is 7.00. The van der Waals surface area contributed by atoms with Crippen LogP contribution in [0.2, 0.25) is 0 Å². The molecule has 2 aromatic carbocycles. The van der Waals surface area contributed by atoms with Gasteiger partial charge < -0.3 is 10.2 Å². The molecule has 180 valence electrons. The molecule has 5 nitrogen and oxygen atoms in total. The molecule has 5 rings (SSSR count). The number of nitrogens with one attached hydrogen (secondary N) is 1. The summed E-state index contributed by atoms with van der Waals surface area (Å²) < 4.78 is 42.9. The van der Waals surface area contributed by atoms with E-state index in [-0.39, 0.29) is 17.9 Å². The molecule has 0 saturated carbocycles. The fraction of sp³-hybridized carbons (Fsp3) is 0.231. The van der Waals surface area contributed by atoms with E-state index in [1.807, 2.05) is 78.2 Å². The van der Waals surface area contributed by atoms with Crippen molar-refractivity contribution in [2.45, 2.75) is 37.8 Å². The molecule has 1 N–H and O–H groups in total. The van der Waals surface area contributed by atoms with Crippen molar-refractivity contribution in [3.8, 4) is 0 Å². The van der Waals surface area contributed by atoms with Gasteiger partial charge in [0.1, 0.15) is 5.82 Å². The van der Waals surface area contributed by atoms with Crippen LogP contribution in [0.15, 0.2) is 84.2 Å². The van der Waals surface area contributed by atoms with Gasteiger partial charge in [0.25, 0.3) is 5.91 Å². The predicted octanol–water partition coefficient (Wildman–Crippen LogP) is 6.45. The molecule has 3 heterocycles. The first kappa shape index (κ1) is 23.2. The number of carbonyl (C=O) groups is 1. The van der Waals surface area contributed by atoms with Crippen LogP contribution in [0.4, 0.5) is 19.0 Å². The van der Waals surface area contributed by atoms with Crippen molar-refractivity contribution >= 4 is 23.1 Å². The number of rotatable bonds is 6. The number of hydrogen-bond donors (Lipinski definition) is 1. The van der Waals surface area contributed by atoms with Crippen molar-refractivity contribution in [2.75, 3.05) is 5.32 Å². The highest BCUT2D eigenvalue weighted by Gasteiger charge is 2.47. The Kier molecular flexibility index (Phi) is 6.34. The normalized spacial score (nSPS) is 17.5. The fourth-order valence-corrected chi connectivity index (χ4v) is 5.11. The molecule has 0 saturated heterocycles. The summed E-state index contributed by atoms with van der Waals surface area (Å²) in [5.74, 6) is -0.227. The van der Waals surface area contributed by atoms with Gasteiger partial charge in [0, 0.05) is 30.5 Å². The van der Waals surface area contributed by atoms with E-state index in [4.69, 9.17) is 0 Å². The Balaban J connectivity index is 1.47. The minimum Gasteiger partial charge on any atom is -0.363 e. The molecule has 1 aliphatic rings. The van der Waals surface area contributed by atoms with Crippen LogP contribution in [0, 0.1) is 0 Å². The summed E-state index contributed by atoms with van der Waals surface area (Å²) in [6, 6.07) is 21.7. The highest BCUT2D eigenvalue weighted by Crippen LogP contribution is 2.44. The van der Waals surface area contributed by atoms with E-state index in [1.165, 1.54) is 17.4 Å². The maximum absolute atomic E-state index is 14.0. The van der Waals surface area contributed by atoms with Gasteiger partial charge in [-0.25, -0.2) is 4.68 Å². The minimum atomic E-state index is -4.49. The second-order valence-corrected chi connectivity index (χ2v) is 9.48. The van der Waals surface area contributed by atoms with Crippen LogP contribution in [-0.2, 0) is 13.1 Å². The maximum Gasteiger partial charge on any atom is 0.410 e. The lowest BCUT2D eigenvalue weighted by Gasteiger charge is -2.32. The molecule has 35 heavy (non-hydrogen) atoms. The number of nitrogens with zero attached hydrogens (tertiary/aromatic N) is 3. The number of alkyl halides is 3. The van der Waals surface area contributed by atoms with Crippen LogP contribution in [0.1, 0.15) is 45.0 Å². The Bertz CT molecular complexity index is 1230. The third-order valence-electron chi connectivity index (χ3n) is 6.02. The van der Waals surface area contributed by atoms with Crippen molar-refractivity contribution in [3.05, 3.63) is 106 Å². The third kappa shape index (κ3) is 5.09. The first-order chi connectivity index (χ1) is 16.9. The topological polar surface area (TPSA) is 50.2 Å². The number of hydrogen-bond acceptors (Lipinski definition) is 4. The van der Waals surface area contributed by atoms with Crippen molar-refractivity contribution in [3.63, 3.8) is 0 Å². The Labute approximate surface area is 204 Å². The lowest BCUT2D eigenvalue weighted by atomic mass is 10.0. The summed E-state index contributed by atoms with van der Waals surface area (Å²) in [5, 5.41) is 9.16. The smallest absolute Gasteiger partial charge is 0.363 e. The predicted molar refractivity (Wildman–Crippen MR) is 129 cm³/mol. The minimum absolute atomic E-state index is 0.0135. The number of anilines is 1. The van der Waals surface area contributed by atoms with Crippen molar-refractivity contribution in [2.24, 2.45) is 0 Å². The van der Waals surface area contributed by atoms with Gasteiger partial charge in [-0.3, -0.25) is 4.79 Å². The fourth-order valence-electron chi connectivity index (χ4n) is 4.32. The number of aromatic nitrogens is 2. The van der Waals surface area contributed by atoms with E-state index in [1.54, 1.807) is 4.90 Å². The second kappa shape index (κ2) is 9.58. The zero-order chi connectivity index (χ0) is 24.4. The molecule has 0 radical (unpaired) electrons. The van der Waals surface area contributed by atoms with E-state index in [9.17, 15) is 18.0 Å². The molecule has 9 heteroatoms. The maximum atomic E-state index is 14.0. The molecule has 0 fully saturated rings. The quantitative estimate of drug-likeness (QED) is 0.334. The lowest BCUT2D eigenvalue weighted by Crippen LogP contribution is -2.35. The van der Waals surface area contributed by atoms with Crippen LogP contribution < -0.4 is 5.32 Å². The molecule has 1 amide bonds. The van der Waals surface area contributed by atoms with E-state index in [0.29, 0.717) is 13.1 Å². The zero-order valence-corrected chi connectivity index (χ0v) is 19.5. The average Bonchev–Trinajstić information content (AvgIpc) is 3.53. The van der Waals surface area contributed by atoms with Gasteiger partial charge in [-0.2, -0.15) is 18.3 Å². The number of halogens is 3. The van der Waals surface area contributed by atoms with Crippen LogP contribution >= 0.6 is 11.3 Å². The van der Waals surface area contributed by atoms with Crippen molar-refractivity contribution in [1.29, 1.82) is 0 Å². The summed E-state index contributed by atoms with van der Waals surface area (Å²) in [6.45, 7) is 0.620. The first-order valence-corrected chi connectivity index (χ1v) is 12.1. The van der Waals surface area contributed by atoms with Crippen LogP contribution in [0.5, 0.6) is 0 Å². The number of fused-ring (bicyclic) bond motifs is 1. The van der Waals surface area contributed by atoms with E-state index in [0.717, 1.165) is 20.7 Å². The highest BCUT2D eigenvalue weighted by molar-refractivity contribution is 7.10. The van der Waals surface area contributed by atoms with Gasteiger partial charge in [0.05, 0.1) is 6.04 Å². The summed E-state index contributed by atoms with van der Waals surface area (Å²) in [6.07, 6.45) is -4.68. The summed E-state index contributed by atoms with van der Waals surface area (Å²) in [7, 11) is 0. The lowest BCUT2D eigenvalue weighted by molar-refractivity contribution is -0.173. The van der Waals surface area contributed by atoms with E-state index in [2.05, 4.69) is 10.4 Å². The molecule has 2 aromatic heterocycles. The summed E-state index contributed by atoms with van der Waals surface area (Å²) in [4.78, 5) is 16.0. The van der Waals surface area contributed by atoms with Crippen LogP contribution in [0.25, 0.3) is 0 Å². The molecule has 4 aromatic rings. The molecule has 0 aliphatic carbocycles. The number of thiophene rings is 1. The Hall–Kier alpha value is -3.59. The Morgan fingerprint density at radius 3 is 2.17 bits per heavy atom. The average molecular weight is 497 g/mol. The van der Waals surface area contributed by atoms with Gasteiger partial charge >= 0.3 is 6.18 Å². The molecule has 0 spiro atoms. The summed E-state index contributed by atoms with van der Waals surface area (Å²) in [5.41, 5.74) is 1.83. The summed E-state index contributed by atoms with van der Waals surface area (Å²) >= 11 is 1.40. The monoisotopic (exact) mass is 496 g/mol. The molecule has 0 unspecified atom stereocenters. The second-order valence-electron chi connectivity index (χ2n) is 8.50. The van der Waals surface area contributed by atoms with Crippen molar-refractivity contribution in [1.82, 2.24) is 14.7 Å². The molecular formula is C26H23F3N4OS. The van der Waals surface area contributed by atoms with Gasteiger partial charge in [-0.1, -0.05) is 66.7 Å². The SMILES string of the molecule is O=C(c1cc2n(n1)[C@@H](C(F)(F)F)C[C@H](c1cccs1)N2)N(Cc1ccccc1)Cc1ccccc1. The molecule has 2 atom stereocenters. The molecular weight excluding hydrogens is 473 g/mol. The highest BCUT2D eigenvalue weighted by atomic mass is 32.1. The van der Waals surface area contributed by atoms with Gasteiger partial charge in [-0.05, 0) is 22.6 Å². The molecule has 0 bridgehead atoms.